The molecule has 0 bridgehead atoms. The predicted molar refractivity (Wildman–Crippen MR) is 38.9 cm³/mol. The van der Waals surface area contributed by atoms with Gasteiger partial charge in [0.15, 0.2) is 0 Å². The van der Waals surface area contributed by atoms with Crippen molar-refractivity contribution in [2.24, 2.45) is 0 Å². The van der Waals surface area contributed by atoms with E-state index in [2.05, 4.69) is 4.74 Å². The summed E-state index contributed by atoms with van der Waals surface area (Å²) in [5.41, 5.74) is 0.627. The Hall–Kier alpha value is -1.02. The van der Waals surface area contributed by atoms with Gasteiger partial charge in [-0.05, 0) is 17.7 Å². The fraction of sp³-hybridized carbons (Fsp3) is 0.250. The number of methoxy groups -OCH3 is 1. The number of hydrogen-bond acceptors (Lipinski definition) is 2. The van der Waals surface area contributed by atoms with Gasteiger partial charge in [0.05, 0.1) is 17.8 Å². The van der Waals surface area contributed by atoms with Crippen LogP contribution in [0, 0.1) is 0 Å². The van der Waals surface area contributed by atoms with Gasteiger partial charge in [-0.15, -0.1) is 0 Å². The third kappa shape index (κ3) is 1.48. The summed E-state index contributed by atoms with van der Waals surface area (Å²) in [6, 6.07) is 6.34. The molecule has 1 aromatic rings. The standard InChI is InChI=1S/C8H10O2/c1-10-8-4-2-3-7(5-8)6-9/h2-5,9H,6H2,1H3/i1+1D3. The van der Waals surface area contributed by atoms with Crippen molar-refractivity contribution in [3.63, 3.8) is 0 Å². The largest absolute Gasteiger partial charge is 0.497 e. The molecule has 0 aliphatic rings. The molecule has 2 nitrogen and oxygen atoms in total. The molecule has 0 atom stereocenters. The summed E-state index contributed by atoms with van der Waals surface area (Å²) in [6.45, 7) is -0.127. The van der Waals surface area contributed by atoms with E-state index in [-0.39, 0.29) is 12.4 Å². The Morgan fingerprint density at radius 3 is 3.30 bits per heavy atom. The minimum absolute atomic E-state index is 0.127. The molecule has 0 saturated heterocycles. The van der Waals surface area contributed by atoms with Gasteiger partial charge in [-0.2, -0.15) is 0 Å². The second-order valence-electron chi connectivity index (χ2n) is 1.91. The van der Waals surface area contributed by atoms with Gasteiger partial charge in [0.25, 0.3) is 0 Å². The third-order valence-electron chi connectivity index (χ3n) is 1.20. The summed E-state index contributed by atoms with van der Waals surface area (Å²) < 4.78 is 25.2. The lowest BCUT2D eigenvalue weighted by molar-refractivity contribution is 0.281. The molecular formula is C8H10O2. The fourth-order valence-electron chi connectivity index (χ4n) is 0.707. The molecule has 0 amide bonds. The van der Waals surface area contributed by atoms with Gasteiger partial charge >= 0.3 is 0 Å². The molecule has 0 unspecified atom stereocenters. The predicted octanol–water partition coefficient (Wildman–Crippen LogP) is 1.19. The second kappa shape index (κ2) is 3.22. The van der Waals surface area contributed by atoms with Gasteiger partial charge in [0, 0.05) is 0 Å². The van der Waals surface area contributed by atoms with Crippen LogP contribution in [-0.4, -0.2) is 12.1 Å². The number of rotatable bonds is 2. The van der Waals surface area contributed by atoms with Gasteiger partial charge in [0.2, 0.25) is 0 Å². The molecule has 0 radical (unpaired) electrons. The van der Waals surface area contributed by atoms with Crippen molar-refractivity contribution in [2.45, 2.75) is 6.61 Å². The van der Waals surface area contributed by atoms with Crippen molar-refractivity contribution in [1.29, 1.82) is 0 Å². The topological polar surface area (TPSA) is 29.5 Å². The molecule has 1 rings (SSSR count). The first-order chi connectivity index (χ1) is 6.01. The highest BCUT2D eigenvalue weighted by Crippen LogP contribution is 2.11. The zero-order valence-electron chi connectivity index (χ0n) is 8.37. The highest BCUT2D eigenvalue weighted by Gasteiger charge is 1.91. The maximum atomic E-state index is 8.76. The lowest BCUT2D eigenvalue weighted by Crippen LogP contribution is -1.85. The molecule has 0 aliphatic carbocycles. The highest BCUT2D eigenvalue weighted by atomic mass is 16.5. The zero-order valence-corrected chi connectivity index (χ0v) is 5.37. The Balaban J connectivity index is 2.78. The number of benzene rings is 1. The maximum Gasteiger partial charge on any atom is 0.119 e. The Morgan fingerprint density at radius 1 is 1.70 bits per heavy atom. The summed E-state index contributed by atoms with van der Waals surface area (Å²) in [6.07, 6.45) is 0. The second-order valence-corrected chi connectivity index (χ2v) is 1.91. The first-order valence-corrected chi connectivity index (χ1v) is 2.90. The lowest BCUT2D eigenvalue weighted by atomic mass is 10.2. The van der Waals surface area contributed by atoms with Crippen LogP contribution in [0.1, 0.15) is 9.68 Å². The molecule has 10 heavy (non-hydrogen) atoms. The Morgan fingerprint density at radius 2 is 2.60 bits per heavy atom. The fourth-order valence-corrected chi connectivity index (χ4v) is 0.707. The maximum absolute atomic E-state index is 8.76. The Bertz CT molecular complexity index is 283. The van der Waals surface area contributed by atoms with Crippen molar-refractivity contribution in [2.75, 3.05) is 7.04 Å². The molecule has 0 saturated carbocycles. The van der Waals surface area contributed by atoms with Crippen molar-refractivity contribution in [3.8, 4) is 5.75 Å². The summed E-state index contributed by atoms with van der Waals surface area (Å²) in [5, 5.41) is 8.76. The van der Waals surface area contributed by atoms with E-state index in [1.54, 1.807) is 12.1 Å². The average Bonchev–Trinajstić information content (AvgIpc) is 2.01. The van der Waals surface area contributed by atoms with Crippen LogP contribution in [0.15, 0.2) is 24.3 Å². The van der Waals surface area contributed by atoms with Gasteiger partial charge in [-0.1, -0.05) is 12.1 Å². The van der Waals surface area contributed by atoms with Crippen molar-refractivity contribution in [3.05, 3.63) is 29.8 Å². The molecule has 2 heteroatoms. The van der Waals surface area contributed by atoms with E-state index in [1.165, 1.54) is 12.1 Å². The molecule has 0 fully saturated rings. The van der Waals surface area contributed by atoms with E-state index in [4.69, 9.17) is 9.22 Å². The van der Waals surface area contributed by atoms with Gasteiger partial charge in [-0.3, -0.25) is 0 Å². The smallest absolute Gasteiger partial charge is 0.119 e. The number of ether oxygens (including phenoxy) is 1. The van der Waals surface area contributed by atoms with Crippen LogP contribution in [-0.2, 0) is 6.61 Å². The minimum atomic E-state index is -2.44. The van der Waals surface area contributed by atoms with Gasteiger partial charge < -0.3 is 9.84 Å². The van der Waals surface area contributed by atoms with E-state index in [1.807, 2.05) is 0 Å². The Kier molecular flexibility index (Phi) is 1.28. The summed E-state index contributed by atoms with van der Waals surface area (Å²) in [7, 11) is -2.44. The molecule has 0 aliphatic heterocycles. The monoisotopic (exact) mass is 142 g/mol. The van der Waals surface area contributed by atoms with Crippen LogP contribution in [0.25, 0.3) is 0 Å². The van der Waals surface area contributed by atoms with Gasteiger partial charge in [-0.25, -0.2) is 0 Å². The summed E-state index contributed by atoms with van der Waals surface area (Å²) >= 11 is 0. The van der Waals surface area contributed by atoms with Crippen LogP contribution in [0.2, 0.25) is 0 Å². The molecule has 0 spiro atoms. The number of hydrogen-bond donors (Lipinski definition) is 1. The zero-order chi connectivity index (χ0) is 9.90. The summed E-state index contributed by atoms with van der Waals surface area (Å²) in [5.74, 6) is 0.242. The van der Waals surface area contributed by atoms with E-state index in [0.29, 0.717) is 5.56 Å². The quantitative estimate of drug-likeness (QED) is 0.628. The van der Waals surface area contributed by atoms with Crippen LogP contribution in [0.3, 0.4) is 0 Å². The van der Waals surface area contributed by atoms with Crippen LogP contribution in [0.4, 0.5) is 0 Å². The molecule has 1 N–H and O–H groups in total. The lowest BCUT2D eigenvalue weighted by Gasteiger charge is -1.99. The van der Waals surface area contributed by atoms with Crippen LogP contribution in [0.5, 0.6) is 5.75 Å². The van der Waals surface area contributed by atoms with Crippen LogP contribution < -0.4 is 4.74 Å². The number of aliphatic hydroxyl groups excluding tert-OH is 1. The first kappa shape index (κ1) is 3.98. The molecule has 0 aromatic heterocycles. The average molecular weight is 142 g/mol. The molecular weight excluding hydrogens is 129 g/mol. The molecule has 54 valence electrons. The van der Waals surface area contributed by atoms with Crippen LogP contribution >= 0.6 is 0 Å². The van der Waals surface area contributed by atoms with Gasteiger partial charge in [0.1, 0.15) is 5.75 Å². The first-order valence-electron chi connectivity index (χ1n) is 4.40. The highest BCUT2D eigenvalue weighted by molar-refractivity contribution is 5.27. The van der Waals surface area contributed by atoms with E-state index < -0.39 is 7.04 Å². The normalized spacial score (nSPS) is 15.1. The van der Waals surface area contributed by atoms with Crippen molar-refractivity contribution in [1.82, 2.24) is 0 Å². The van der Waals surface area contributed by atoms with Crippen molar-refractivity contribution >= 4 is 0 Å². The molecule has 0 heterocycles. The minimum Gasteiger partial charge on any atom is -0.497 e. The third-order valence-corrected chi connectivity index (χ3v) is 1.20. The van der Waals surface area contributed by atoms with E-state index in [0.717, 1.165) is 0 Å². The van der Waals surface area contributed by atoms with E-state index >= 15 is 0 Å². The number of aliphatic hydroxyl groups is 1. The summed E-state index contributed by atoms with van der Waals surface area (Å²) in [4.78, 5) is 0. The van der Waals surface area contributed by atoms with E-state index in [9.17, 15) is 0 Å². The SMILES string of the molecule is [2H][13C]([2H])([2H])Oc1cccc(CO)c1. The van der Waals surface area contributed by atoms with Crippen molar-refractivity contribution < 1.29 is 14.0 Å². The molecule has 1 aromatic carbocycles. The Labute approximate surface area is 64.3 Å².